The van der Waals surface area contributed by atoms with Crippen molar-refractivity contribution in [3.63, 3.8) is 0 Å². The molecule has 6 atom stereocenters. The molecule has 0 aromatic carbocycles. The van der Waals surface area contributed by atoms with Gasteiger partial charge in [-0.3, -0.25) is 43.2 Å². The molecule has 0 spiro atoms. The lowest BCUT2D eigenvalue weighted by atomic mass is 9.87. The van der Waals surface area contributed by atoms with E-state index in [1.165, 1.54) is 58.5 Å². The van der Waals surface area contributed by atoms with Crippen LogP contribution in [0.4, 0.5) is 0 Å². The van der Waals surface area contributed by atoms with Crippen LogP contribution >= 0.6 is 0 Å². The number of rotatable bonds is 62. The second-order valence-electron chi connectivity index (χ2n) is 25.2. The van der Waals surface area contributed by atoms with Gasteiger partial charge in [-0.15, -0.1) is 0 Å². The van der Waals surface area contributed by atoms with Crippen LogP contribution in [0, 0.1) is 23.7 Å². The molecule has 0 saturated carbocycles. The van der Waals surface area contributed by atoms with Gasteiger partial charge in [-0.1, -0.05) is 125 Å². The smallest absolute Gasteiger partial charge is 0.329 e. The number of nitrogens with one attached hydrogen (secondary N) is 6. The number of unbranched alkanes of at least 4 members (excludes halogenated alkanes) is 14. The van der Waals surface area contributed by atoms with Gasteiger partial charge in [0, 0.05) is 81.9 Å². The highest BCUT2D eigenvalue weighted by Crippen LogP contribution is 2.23. The summed E-state index contributed by atoms with van der Waals surface area (Å²) < 4.78 is 27.5. The van der Waals surface area contributed by atoms with Crippen LogP contribution in [-0.2, 0) is 82.8 Å². The first-order valence-electron chi connectivity index (χ1n) is 34.5. The third kappa shape index (κ3) is 42.3. The SMILES string of the molecule is CC[C@H](C(=O)N[C@H](C(=O)O[C@@H](Cc1cnc[nH]1)C(=O)NC(C)(C)C(=O)CC[C@@H](CCCCNC(=O)COCCOCCNC(=O)COCCOCCCC(=O)CC[C@H](NC(=O)CCCCCCCCCCCCCCCCC(=O)O)C(=O)O)C(=O)CO)C(C)C)[C@@H](C)CC. The topological polar surface area (TPSA) is 383 Å². The Labute approximate surface area is 557 Å². The number of aliphatic carboxylic acids is 2. The lowest BCUT2D eigenvalue weighted by Crippen LogP contribution is -2.55. The van der Waals surface area contributed by atoms with E-state index in [9.17, 15) is 63.0 Å². The largest absolute Gasteiger partial charge is 0.481 e. The number of aliphatic hydroxyl groups excluding tert-OH is 1. The molecule has 0 bridgehead atoms. The molecule has 1 aromatic heterocycles. The molecule has 26 nitrogen and oxygen atoms in total. The number of Topliss-reactive ketones (excluding diaryl/α,β-unsaturated/α-hetero) is 3. The lowest BCUT2D eigenvalue weighted by Gasteiger charge is -2.30. The van der Waals surface area contributed by atoms with E-state index in [4.69, 9.17) is 28.8 Å². The Morgan fingerprint density at radius 1 is 0.574 bits per heavy atom. The van der Waals surface area contributed by atoms with Crippen molar-refractivity contribution < 1.29 is 91.7 Å². The zero-order valence-corrected chi connectivity index (χ0v) is 57.6. The van der Waals surface area contributed by atoms with Gasteiger partial charge in [0.1, 0.15) is 37.7 Å². The van der Waals surface area contributed by atoms with Crippen LogP contribution in [0.25, 0.3) is 0 Å². The highest BCUT2D eigenvalue weighted by Gasteiger charge is 2.37. The van der Waals surface area contributed by atoms with Gasteiger partial charge < -0.3 is 70.6 Å². The number of amides is 5. The van der Waals surface area contributed by atoms with Crippen LogP contribution in [0.3, 0.4) is 0 Å². The second-order valence-corrected chi connectivity index (χ2v) is 25.2. The molecule has 1 heterocycles. The van der Waals surface area contributed by atoms with E-state index in [1.807, 2.05) is 20.8 Å². The van der Waals surface area contributed by atoms with Gasteiger partial charge in [-0.05, 0) is 77.0 Å². The number of carbonyl (C=O) groups excluding carboxylic acids is 9. The lowest BCUT2D eigenvalue weighted by molar-refractivity contribution is -0.160. The average molecular weight is 1340 g/mol. The van der Waals surface area contributed by atoms with Crippen LogP contribution in [0.5, 0.6) is 0 Å². The number of aromatic amines is 1. The first kappa shape index (κ1) is 85.8. The number of nitrogens with zero attached hydrogens (tertiary/aromatic N) is 1. The van der Waals surface area contributed by atoms with Gasteiger partial charge in [0.05, 0.1) is 44.9 Å². The van der Waals surface area contributed by atoms with E-state index in [2.05, 4.69) is 36.6 Å². The van der Waals surface area contributed by atoms with Crippen molar-refractivity contribution in [2.45, 2.75) is 252 Å². The Balaban J connectivity index is 2.21. The van der Waals surface area contributed by atoms with Gasteiger partial charge in [0.2, 0.25) is 23.6 Å². The van der Waals surface area contributed by atoms with Crippen molar-refractivity contribution in [1.29, 1.82) is 0 Å². The normalized spacial score (nSPS) is 13.4. The Bertz CT molecular complexity index is 2340. The quantitative estimate of drug-likeness (QED) is 0.0234. The number of esters is 1. The van der Waals surface area contributed by atoms with Gasteiger partial charge >= 0.3 is 17.9 Å². The molecule has 5 amide bonds. The molecule has 0 aliphatic carbocycles. The number of H-pyrrole nitrogens is 1. The molecule has 0 aliphatic rings. The summed E-state index contributed by atoms with van der Waals surface area (Å²) in [6.45, 7) is 12.9. The number of carboxylic acid groups (broad SMARTS) is 2. The van der Waals surface area contributed by atoms with Gasteiger partial charge in [0.25, 0.3) is 5.91 Å². The van der Waals surface area contributed by atoms with Crippen LogP contribution in [0.15, 0.2) is 12.5 Å². The van der Waals surface area contributed by atoms with Gasteiger partial charge in [-0.2, -0.15) is 0 Å². The number of carboxylic acids is 2. The number of hydrogen-bond donors (Lipinski definition) is 9. The Hall–Kier alpha value is -6.22. The predicted octanol–water partition coefficient (Wildman–Crippen LogP) is 6.99. The predicted molar refractivity (Wildman–Crippen MR) is 352 cm³/mol. The van der Waals surface area contributed by atoms with E-state index in [0.29, 0.717) is 50.8 Å². The molecule has 0 aliphatic heterocycles. The molecule has 0 radical (unpaired) electrons. The molecule has 0 fully saturated rings. The summed E-state index contributed by atoms with van der Waals surface area (Å²) in [5, 5.41) is 41.5. The number of aliphatic hydroxyl groups is 1. The monoisotopic (exact) mass is 1340 g/mol. The van der Waals surface area contributed by atoms with Crippen LogP contribution in [-0.4, -0.2) is 186 Å². The van der Waals surface area contributed by atoms with Crippen molar-refractivity contribution >= 4 is 64.8 Å². The fourth-order valence-electron chi connectivity index (χ4n) is 10.4. The Kier molecular flexibility index (Phi) is 48.4. The highest BCUT2D eigenvalue weighted by molar-refractivity contribution is 5.95. The summed E-state index contributed by atoms with van der Waals surface area (Å²) in [6.07, 6.45) is 20.2. The zero-order chi connectivity index (χ0) is 69.9. The summed E-state index contributed by atoms with van der Waals surface area (Å²) in [6, 6.07) is -2.17. The van der Waals surface area contributed by atoms with Crippen molar-refractivity contribution in [2.24, 2.45) is 23.7 Å². The highest BCUT2D eigenvalue weighted by atomic mass is 16.6. The summed E-state index contributed by atoms with van der Waals surface area (Å²) >= 11 is 0. The Morgan fingerprint density at radius 2 is 1.14 bits per heavy atom. The van der Waals surface area contributed by atoms with E-state index in [1.54, 1.807) is 13.8 Å². The maximum Gasteiger partial charge on any atom is 0.329 e. The van der Waals surface area contributed by atoms with E-state index < -0.39 is 71.6 Å². The van der Waals surface area contributed by atoms with E-state index in [-0.39, 0.29) is 158 Å². The molecular weight excluding hydrogens is 1220 g/mol. The third-order valence-corrected chi connectivity index (χ3v) is 16.5. The molecule has 0 saturated heterocycles. The van der Waals surface area contributed by atoms with Crippen molar-refractivity contribution in [3.8, 4) is 0 Å². The summed E-state index contributed by atoms with van der Waals surface area (Å²) in [5.74, 6) is -6.99. The number of ketones is 3. The molecule has 26 heteroatoms. The number of aromatic nitrogens is 2. The number of hydrogen-bond acceptors (Lipinski definition) is 18. The molecule has 0 unspecified atom stereocenters. The summed E-state index contributed by atoms with van der Waals surface area (Å²) in [7, 11) is 0. The Morgan fingerprint density at radius 3 is 1.67 bits per heavy atom. The molecule has 94 heavy (non-hydrogen) atoms. The first-order valence-corrected chi connectivity index (χ1v) is 34.5. The third-order valence-electron chi connectivity index (χ3n) is 16.5. The minimum absolute atomic E-state index is 0.00814. The standard InChI is InChI=1S/C68H117N7O19/c1-8-50(5)54(9-2)64(85)74-63(49(3)4)67(89)94-57(43-52-44-69-48-72-52)65(86)75-68(6,7)58(79)34-31-51(56(78)45-76)27-24-25-35-70-60(81)46-93-42-40-91-38-36-71-61(82)47-92-41-39-90-37-26-28-53(77)32-33-55(66(87)88)73-59(80)29-22-20-18-16-14-12-10-11-13-15-17-19-21-23-30-62(83)84/h44,48-51,54-55,57,63,76H,8-43,45-47H2,1-7H3,(H,69,72)(H,70,81)(H,71,82)(H,73,80)(H,74,85)(H,75,86)(H,83,84)(H,87,88)/t50-,51+,54-,55-,57-,63-/m0/s1. The van der Waals surface area contributed by atoms with E-state index >= 15 is 0 Å². The summed E-state index contributed by atoms with van der Waals surface area (Å²) in [5.41, 5.74) is -0.960. The number of ether oxygens (including phenoxy) is 5. The van der Waals surface area contributed by atoms with Crippen molar-refractivity contribution in [3.05, 3.63) is 18.2 Å². The van der Waals surface area contributed by atoms with E-state index in [0.717, 1.165) is 57.8 Å². The van der Waals surface area contributed by atoms with Crippen LogP contribution < -0.4 is 26.6 Å². The molecule has 1 aromatic rings. The van der Waals surface area contributed by atoms with Crippen molar-refractivity contribution in [2.75, 3.05) is 72.6 Å². The zero-order valence-electron chi connectivity index (χ0n) is 57.6. The fourth-order valence-corrected chi connectivity index (χ4v) is 10.4. The molecule has 538 valence electrons. The number of imidazole rings is 1. The maximum absolute atomic E-state index is 13.8. The second kappa shape index (κ2) is 53.0. The van der Waals surface area contributed by atoms with Crippen LogP contribution in [0.2, 0.25) is 0 Å². The van der Waals surface area contributed by atoms with Gasteiger partial charge in [-0.25, -0.2) is 14.6 Å². The van der Waals surface area contributed by atoms with Gasteiger partial charge in [0.15, 0.2) is 17.7 Å². The van der Waals surface area contributed by atoms with Crippen molar-refractivity contribution in [1.82, 2.24) is 36.6 Å². The minimum Gasteiger partial charge on any atom is -0.481 e. The van der Waals surface area contributed by atoms with Crippen LogP contribution in [0.1, 0.15) is 228 Å². The minimum atomic E-state index is -1.45. The maximum atomic E-state index is 13.8. The number of carbonyl (C=O) groups is 11. The fraction of sp³-hybridized carbons (Fsp3) is 0.794. The molecule has 9 N–H and O–H groups in total. The molecular formula is C68H117N7O19. The molecule has 1 rings (SSSR count). The first-order chi connectivity index (χ1) is 44.9. The summed E-state index contributed by atoms with van der Waals surface area (Å²) in [4.78, 5) is 146. The average Bonchev–Trinajstić information content (AvgIpc) is 1.04.